The van der Waals surface area contributed by atoms with E-state index in [-0.39, 0.29) is 30.5 Å². The molecule has 0 aliphatic rings. The minimum Gasteiger partial charge on any atom is -0.494 e. The molecule has 0 saturated heterocycles. The summed E-state index contributed by atoms with van der Waals surface area (Å²) in [5, 5.41) is 3.33. The average molecular weight is 450 g/mol. The summed E-state index contributed by atoms with van der Waals surface area (Å²) in [6.45, 7) is 3.11. The van der Waals surface area contributed by atoms with E-state index in [1.165, 1.54) is 17.6 Å². The highest BCUT2D eigenvalue weighted by Crippen LogP contribution is 2.32. The van der Waals surface area contributed by atoms with Crippen LogP contribution in [0.15, 0.2) is 71.3 Å². The van der Waals surface area contributed by atoms with E-state index >= 15 is 0 Å². The van der Waals surface area contributed by atoms with Crippen LogP contribution in [0, 0.1) is 0 Å². The van der Waals surface area contributed by atoms with Crippen LogP contribution in [0.3, 0.4) is 0 Å². The third-order valence-corrected chi connectivity index (χ3v) is 5.79. The van der Waals surface area contributed by atoms with E-state index in [0.29, 0.717) is 18.3 Å². The van der Waals surface area contributed by atoms with E-state index in [2.05, 4.69) is 10.3 Å². The van der Waals surface area contributed by atoms with Crippen LogP contribution >= 0.6 is 11.3 Å². The number of carbonyl (C=O) groups excluding carboxylic acids is 2. The normalized spacial score (nSPS) is 10.8. The molecule has 0 radical (unpaired) electrons. The Morgan fingerprint density at radius 1 is 1.12 bits per heavy atom. The first-order valence-electron chi connectivity index (χ1n) is 10.3. The highest BCUT2D eigenvalue weighted by Gasteiger charge is 2.21. The summed E-state index contributed by atoms with van der Waals surface area (Å²) in [5.74, 6) is 0.519. The zero-order chi connectivity index (χ0) is 22.3. The van der Waals surface area contributed by atoms with Crippen molar-refractivity contribution in [2.24, 2.45) is 0 Å². The number of amides is 2. The van der Waals surface area contributed by atoms with E-state index in [4.69, 9.17) is 9.15 Å². The van der Waals surface area contributed by atoms with E-state index in [0.717, 1.165) is 21.5 Å². The minimum atomic E-state index is -0.346. The number of anilines is 1. The van der Waals surface area contributed by atoms with Gasteiger partial charge in [-0.25, -0.2) is 4.98 Å². The van der Waals surface area contributed by atoms with Crippen LogP contribution in [-0.4, -0.2) is 29.9 Å². The van der Waals surface area contributed by atoms with E-state index in [9.17, 15) is 9.59 Å². The summed E-state index contributed by atoms with van der Waals surface area (Å²) >= 11 is 1.44. The lowest BCUT2D eigenvalue weighted by Crippen LogP contribution is -2.34. The zero-order valence-corrected chi connectivity index (χ0v) is 18.4. The molecule has 8 heteroatoms. The minimum absolute atomic E-state index is 0.127. The summed E-state index contributed by atoms with van der Waals surface area (Å²) in [5.41, 5.74) is 1.81. The number of fused-ring (bicyclic) bond motifs is 1. The van der Waals surface area contributed by atoms with Crippen molar-refractivity contribution in [2.75, 3.05) is 18.1 Å². The van der Waals surface area contributed by atoms with Crippen molar-refractivity contribution in [1.82, 2.24) is 10.3 Å². The third kappa shape index (κ3) is 5.15. The molecule has 2 heterocycles. The summed E-state index contributed by atoms with van der Waals surface area (Å²) < 4.78 is 11.6. The van der Waals surface area contributed by atoms with Crippen molar-refractivity contribution in [1.29, 1.82) is 0 Å². The summed E-state index contributed by atoms with van der Waals surface area (Å²) in [4.78, 5) is 31.6. The number of carbonyl (C=O) groups is 2. The topological polar surface area (TPSA) is 84.7 Å². The first kappa shape index (κ1) is 21.6. The van der Waals surface area contributed by atoms with Crippen LogP contribution in [-0.2, 0) is 11.3 Å². The number of nitrogens with one attached hydrogen (secondary N) is 1. The van der Waals surface area contributed by atoms with Gasteiger partial charge >= 0.3 is 0 Å². The summed E-state index contributed by atoms with van der Waals surface area (Å²) in [7, 11) is 0. The van der Waals surface area contributed by atoms with Gasteiger partial charge in [-0.2, -0.15) is 0 Å². The second-order valence-electron chi connectivity index (χ2n) is 7.01. The molecule has 0 fully saturated rings. The van der Waals surface area contributed by atoms with Crippen molar-refractivity contribution >= 4 is 38.5 Å². The highest BCUT2D eigenvalue weighted by atomic mass is 32.1. The SMILES string of the molecule is CCOc1ccc2nc(N(Cc3ccccc3)C(=O)CCNC(=O)c3ccco3)sc2c1. The number of hydrogen-bond donors (Lipinski definition) is 1. The number of thiazole rings is 1. The van der Waals surface area contributed by atoms with Crippen molar-refractivity contribution in [3.63, 3.8) is 0 Å². The van der Waals surface area contributed by atoms with E-state index in [1.54, 1.807) is 17.0 Å². The van der Waals surface area contributed by atoms with Gasteiger partial charge in [0.1, 0.15) is 5.75 Å². The van der Waals surface area contributed by atoms with Crippen LogP contribution in [0.1, 0.15) is 29.5 Å². The van der Waals surface area contributed by atoms with Gasteiger partial charge in [-0.1, -0.05) is 41.7 Å². The second kappa shape index (κ2) is 10.1. The first-order valence-corrected chi connectivity index (χ1v) is 11.1. The molecule has 1 N–H and O–H groups in total. The molecule has 2 aromatic heterocycles. The molecule has 164 valence electrons. The molecule has 0 saturated carbocycles. The van der Waals surface area contributed by atoms with Gasteiger partial charge in [-0.15, -0.1) is 0 Å². The van der Waals surface area contributed by atoms with Crippen LogP contribution in [0.2, 0.25) is 0 Å². The number of nitrogens with zero attached hydrogens (tertiary/aromatic N) is 2. The maximum Gasteiger partial charge on any atom is 0.286 e. The Bertz CT molecular complexity index is 1190. The molecule has 0 unspecified atom stereocenters. The monoisotopic (exact) mass is 449 g/mol. The van der Waals surface area contributed by atoms with Gasteiger partial charge in [0.25, 0.3) is 5.91 Å². The number of benzene rings is 2. The van der Waals surface area contributed by atoms with Crippen molar-refractivity contribution in [3.8, 4) is 5.75 Å². The summed E-state index contributed by atoms with van der Waals surface area (Å²) in [6, 6.07) is 18.7. The highest BCUT2D eigenvalue weighted by molar-refractivity contribution is 7.22. The molecule has 4 aromatic rings. The molecule has 2 amide bonds. The molecule has 0 spiro atoms. The van der Waals surface area contributed by atoms with Gasteiger partial charge in [-0.05, 0) is 42.8 Å². The molecule has 0 aliphatic heterocycles. The molecule has 7 nitrogen and oxygen atoms in total. The Morgan fingerprint density at radius 3 is 2.72 bits per heavy atom. The second-order valence-corrected chi connectivity index (χ2v) is 8.02. The maximum absolute atomic E-state index is 13.2. The van der Waals surface area contributed by atoms with Crippen molar-refractivity contribution in [2.45, 2.75) is 19.9 Å². The Morgan fingerprint density at radius 2 is 1.97 bits per heavy atom. The number of aromatic nitrogens is 1. The Kier molecular flexibility index (Phi) is 6.81. The largest absolute Gasteiger partial charge is 0.494 e. The Labute approximate surface area is 189 Å². The third-order valence-electron chi connectivity index (χ3n) is 4.74. The summed E-state index contributed by atoms with van der Waals surface area (Å²) in [6.07, 6.45) is 1.57. The number of ether oxygens (including phenoxy) is 1. The zero-order valence-electron chi connectivity index (χ0n) is 17.6. The average Bonchev–Trinajstić information content (AvgIpc) is 3.48. The van der Waals surface area contributed by atoms with Gasteiger partial charge in [-0.3, -0.25) is 14.5 Å². The van der Waals surface area contributed by atoms with E-state index < -0.39 is 0 Å². The smallest absolute Gasteiger partial charge is 0.286 e. The number of furan rings is 1. The first-order chi connectivity index (χ1) is 15.6. The number of hydrogen-bond acceptors (Lipinski definition) is 6. The molecule has 4 rings (SSSR count). The fourth-order valence-electron chi connectivity index (χ4n) is 3.21. The lowest BCUT2D eigenvalue weighted by atomic mass is 10.2. The van der Waals surface area contributed by atoms with Crippen LogP contribution in [0.5, 0.6) is 5.75 Å². The molecule has 32 heavy (non-hydrogen) atoms. The molecule has 0 bridgehead atoms. The lowest BCUT2D eigenvalue weighted by Gasteiger charge is -2.20. The lowest BCUT2D eigenvalue weighted by molar-refractivity contribution is -0.118. The van der Waals surface area contributed by atoms with Crippen LogP contribution in [0.4, 0.5) is 5.13 Å². The molecular formula is C24H23N3O4S. The predicted octanol–water partition coefficient (Wildman–Crippen LogP) is 4.64. The predicted molar refractivity (Wildman–Crippen MR) is 124 cm³/mol. The fourth-order valence-corrected chi connectivity index (χ4v) is 4.22. The van der Waals surface area contributed by atoms with Crippen molar-refractivity contribution < 1.29 is 18.7 Å². The molecule has 0 aliphatic carbocycles. The quantitative estimate of drug-likeness (QED) is 0.402. The molecule has 2 aromatic carbocycles. The van der Waals surface area contributed by atoms with Crippen molar-refractivity contribution in [3.05, 3.63) is 78.3 Å². The van der Waals surface area contributed by atoms with Crippen LogP contribution < -0.4 is 15.0 Å². The molecular weight excluding hydrogens is 426 g/mol. The van der Waals surface area contributed by atoms with E-state index in [1.807, 2.05) is 55.5 Å². The van der Waals surface area contributed by atoms with Gasteiger partial charge in [0, 0.05) is 13.0 Å². The van der Waals surface area contributed by atoms with Gasteiger partial charge in [0.15, 0.2) is 10.9 Å². The standard InChI is InChI=1S/C24H23N3O4S/c1-2-30-18-10-11-19-21(15-18)32-24(26-19)27(16-17-7-4-3-5-8-17)22(28)12-13-25-23(29)20-9-6-14-31-20/h3-11,14-15H,2,12-13,16H2,1H3,(H,25,29). The van der Waals surface area contributed by atoms with Crippen LogP contribution in [0.25, 0.3) is 10.2 Å². The van der Waals surface area contributed by atoms with Gasteiger partial charge in [0.2, 0.25) is 5.91 Å². The fraction of sp³-hybridized carbons (Fsp3) is 0.208. The Hall–Kier alpha value is -3.65. The van der Waals surface area contributed by atoms with Gasteiger partial charge < -0.3 is 14.5 Å². The van der Waals surface area contributed by atoms with Gasteiger partial charge in [0.05, 0.1) is 29.6 Å². The number of rotatable bonds is 9. The molecule has 0 atom stereocenters. The maximum atomic E-state index is 13.2. The Balaban J connectivity index is 1.52.